The molecule has 0 aromatic heterocycles. The van der Waals surface area contributed by atoms with Gasteiger partial charge in [-0.1, -0.05) is 0 Å². The van der Waals surface area contributed by atoms with E-state index in [1.54, 1.807) is 7.05 Å². The highest BCUT2D eigenvalue weighted by atomic mass is 16.5. The minimum Gasteiger partial charge on any atom is -0.468 e. The third-order valence-electron chi connectivity index (χ3n) is 2.35. The Labute approximate surface area is 83.4 Å². The van der Waals surface area contributed by atoms with Gasteiger partial charge >= 0.3 is 5.97 Å². The summed E-state index contributed by atoms with van der Waals surface area (Å²) in [4.78, 5) is 23.8. The highest BCUT2D eigenvalue weighted by Crippen LogP contribution is 2.09. The molecule has 1 aliphatic rings. The summed E-state index contributed by atoms with van der Waals surface area (Å²) in [6, 6.07) is 0. The lowest BCUT2D eigenvalue weighted by atomic mass is 9.99. The first-order chi connectivity index (χ1) is 6.63. The number of carbonyl (C=O) groups is 2. The molecule has 1 aliphatic heterocycles. The zero-order chi connectivity index (χ0) is 10.6. The maximum absolute atomic E-state index is 11.5. The number of nitrogens with zero attached hydrogens (tertiary/aromatic N) is 1. The van der Waals surface area contributed by atoms with Crippen molar-refractivity contribution in [2.45, 2.75) is 6.42 Å². The van der Waals surface area contributed by atoms with Gasteiger partial charge in [-0.05, 0) is 19.0 Å². The number of likely N-dealkylation sites (N-methyl/N-ethyl adjacent to an activating group) is 1. The molecular weight excluding hydrogens is 184 g/mol. The van der Waals surface area contributed by atoms with E-state index < -0.39 is 0 Å². The third-order valence-corrected chi connectivity index (χ3v) is 2.35. The van der Waals surface area contributed by atoms with E-state index >= 15 is 0 Å². The molecule has 1 amide bonds. The standard InChI is InChI=1S/C9H16N2O3/c1-11(6-9(13)14-2)8(12)3-7-4-10-5-7/h7,10H,3-6H2,1-2H3. The van der Waals surface area contributed by atoms with Gasteiger partial charge in [0.25, 0.3) is 0 Å². The van der Waals surface area contributed by atoms with Crippen molar-refractivity contribution >= 4 is 11.9 Å². The van der Waals surface area contributed by atoms with Crippen LogP contribution in [0.2, 0.25) is 0 Å². The summed E-state index contributed by atoms with van der Waals surface area (Å²) in [7, 11) is 2.93. The molecule has 1 fully saturated rings. The number of ether oxygens (including phenoxy) is 1. The molecule has 5 heteroatoms. The van der Waals surface area contributed by atoms with Gasteiger partial charge in [-0.2, -0.15) is 0 Å². The number of hydrogen-bond donors (Lipinski definition) is 1. The number of esters is 1. The number of hydrogen-bond acceptors (Lipinski definition) is 4. The van der Waals surface area contributed by atoms with Crippen LogP contribution in [0, 0.1) is 5.92 Å². The average molecular weight is 200 g/mol. The van der Waals surface area contributed by atoms with Gasteiger partial charge in [0.05, 0.1) is 7.11 Å². The van der Waals surface area contributed by atoms with Crippen molar-refractivity contribution in [3.8, 4) is 0 Å². The van der Waals surface area contributed by atoms with Crippen molar-refractivity contribution in [3.63, 3.8) is 0 Å². The minimum atomic E-state index is -0.382. The highest BCUT2D eigenvalue weighted by Gasteiger charge is 2.22. The van der Waals surface area contributed by atoms with Crippen molar-refractivity contribution in [2.75, 3.05) is 33.8 Å². The SMILES string of the molecule is COC(=O)CN(C)C(=O)CC1CNC1. The Hall–Kier alpha value is -1.10. The van der Waals surface area contributed by atoms with Gasteiger partial charge in [0, 0.05) is 13.5 Å². The molecule has 0 unspecified atom stereocenters. The Morgan fingerprint density at radius 2 is 2.14 bits per heavy atom. The Morgan fingerprint density at radius 1 is 1.50 bits per heavy atom. The van der Waals surface area contributed by atoms with Crippen LogP contribution in [0.3, 0.4) is 0 Å². The zero-order valence-electron chi connectivity index (χ0n) is 8.58. The van der Waals surface area contributed by atoms with Gasteiger partial charge in [-0.15, -0.1) is 0 Å². The highest BCUT2D eigenvalue weighted by molar-refractivity contribution is 5.81. The van der Waals surface area contributed by atoms with Crippen molar-refractivity contribution in [1.82, 2.24) is 10.2 Å². The first-order valence-corrected chi connectivity index (χ1v) is 4.65. The number of carbonyl (C=O) groups excluding carboxylic acids is 2. The summed E-state index contributed by atoms with van der Waals surface area (Å²) in [5.74, 6) is 0.0529. The topological polar surface area (TPSA) is 58.6 Å². The van der Waals surface area contributed by atoms with E-state index in [0.717, 1.165) is 13.1 Å². The number of amides is 1. The summed E-state index contributed by atoms with van der Waals surface area (Å²) in [6.07, 6.45) is 0.514. The first-order valence-electron chi connectivity index (χ1n) is 4.65. The first kappa shape index (κ1) is 11.0. The normalized spacial score (nSPS) is 15.9. The Morgan fingerprint density at radius 3 is 2.57 bits per heavy atom. The molecule has 1 N–H and O–H groups in total. The number of methoxy groups -OCH3 is 1. The molecule has 0 aliphatic carbocycles. The van der Waals surface area contributed by atoms with Gasteiger partial charge in [-0.3, -0.25) is 9.59 Å². The van der Waals surface area contributed by atoms with Crippen LogP contribution < -0.4 is 5.32 Å². The van der Waals surface area contributed by atoms with Gasteiger partial charge in [-0.25, -0.2) is 0 Å². The molecule has 1 rings (SSSR count). The lowest BCUT2D eigenvalue weighted by Crippen LogP contribution is -2.45. The van der Waals surface area contributed by atoms with E-state index in [4.69, 9.17) is 0 Å². The van der Waals surface area contributed by atoms with E-state index in [1.165, 1.54) is 12.0 Å². The predicted molar refractivity (Wildman–Crippen MR) is 50.6 cm³/mol. The predicted octanol–water partition coefficient (Wildman–Crippen LogP) is -0.773. The van der Waals surface area contributed by atoms with E-state index in [-0.39, 0.29) is 18.4 Å². The minimum absolute atomic E-state index is 0.00176. The Balaban J connectivity index is 2.24. The fourth-order valence-corrected chi connectivity index (χ4v) is 1.24. The van der Waals surface area contributed by atoms with E-state index in [9.17, 15) is 9.59 Å². The molecule has 1 saturated heterocycles. The van der Waals surface area contributed by atoms with Crippen molar-refractivity contribution in [1.29, 1.82) is 0 Å². The van der Waals surface area contributed by atoms with Gasteiger partial charge in [0.1, 0.15) is 6.54 Å². The number of nitrogens with one attached hydrogen (secondary N) is 1. The van der Waals surface area contributed by atoms with Crippen LogP contribution in [0.1, 0.15) is 6.42 Å². The molecule has 0 atom stereocenters. The molecular formula is C9H16N2O3. The van der Waals surface area contributed by atoms with Crippen molar-refractivity contribution < 1.29 is 14.3 Å². The molecule has 0 radical (unpaired) electrons. The maximum Gasteiger partial charge on any atom is 0.325 e. The van der Waals surface area contributed by atoms with Crippen molar-refractivity contribution in [3.05, 3.63) is 0 Å². The fourth-order valence-electron chi connectivity index (χ4n) is 1.24. The molecule has 0 aromatic rings. The quantitative estimate of drug-likeness (QED) is 0.605. The lowest BCUT2D eigenvalue weighted by molar-refractivity contribution is -0.146. The second-order valence-corrected chi connectivity index (χ2v) is 3.55. The summed E-state index contributed by atoms with van der Waals surface area (Å²) >= 11 is 0. The molecule has 0 saturated carbocycles. The molecule has 14 heavy (non-hydrogen) atoms. The lowest BCUT2D eigenvalue weighted by Gasteiger charge is -2.28. The molecule has 5 nitrogen and oxygen atoms in total. The smallest absolute Gasteiger partial charge is 0.325 e. The molecule has 0 spiro atoms. The van der Waals surface area contributed by atoms with Crippen LogP contribution in [0.4, 0.5) is 0 Å². The average Bonchev–Trinajstić information content (AvgIpc) is 2.10. The second kappa shape index (κ2) is 4.95. The van der Waals surface area contributed by atoms with Gasteiger partial charge in [0.15, 0.2) is 0 Å². The zero-order valence-corrected chi connectivity index (χ0v) is 8.58. The monoisotopic (exact) mass is 200 g/mol. The van der Waals surface area contributed by atoms with Crippen LogP contribution in [0.5, 0.6) is 0 Å². The molecule has 0 aromatic carbocycles. The summed E-state index contributed by atoms with van der Waals surface area (Å²) < 4.78 is 4.47. The maximum atomic E-state index is 11.5. The van der Waals surface area contributed by atoms with E-state index in [0.29, 0.717) is 12.3 Å². The van der Waals surface area contributed by atoms with Gasteiger partial charge in [0.2, 0.25) is 5.91 Å². The third kappa shape index (κ3) is 2.99. The van der Waals surface area contributed by atoms with Crippen LogP contribution in [-0.2, 0) is 14.3 Å². The van der Waals surface area contributed by atoms with Gasteiger partial charge < -0.3 is 15.0 Å². The van der Waals surface area contributed by atoms with E-state index in [1.807, 2.05) is 0 Å². The van der Waals surface area contributed by atoms with Crippen LogP contribution in [0.15, 0.2) is 0 Å². The van der Waals surface area contributed by atoms with Crippen LogP contribution >= 0.6 is 0 Å². The molecule has 0 bridgehead atoms. The van der Waals surface area contributed by atoms with Crippen LogP contribution in [-0.4, -0.2) is 50.6 Å². The summed E-state index contributed by atoms with van der Waals surface area (Å²) in [5, 5.41) is 3.10. The molecule has 1 heterocycles. The second-order valence-electron chi connectivity index (χ2n) is 3.55. The van der Waals surface area contributed by atoms with E-state index in [2.05, 4.69) is 10.1 Å². The Kier molecular flexibility index (Phi) is 3.88. The van der Waals surface area contributed by atoms with Crippen LogP contribution in [0.25, 0.3) is 0 Å². The van der Waals surface area contributed by atoms with Crippen molar-refractivity contribution in [2.24, 2.45) is 5.92 Å². The fraction of sp³-hybridized carbons (Fsp3) is 0.778. The molecule has 80 valence electrons. The Bertz CT molecular complexity index is 226. The number of rotatable bonds is 4. The summed E-state index contributed by atoms with van der Waals surface area (Å²) in [5.41, 5.74) is 0. The largest absolute Gasteiger partial charge is 0.468 e. The summed E-state index contributed by atoms with van der Waals surface area (Å²) in [6.45, 7) is 1.84.